The lowest BCUT2D eigenvalue weighted by Crippen LogP contribution is -1.91. The lowest BCUT2D eigenvalue weighted by molar-refractivity contribution is 0.340. The van der Waals surface area contributed by atoms with Gasteiger partial charge in [-0.3, -0.25) is 0 Å². The number of phenolic OH excluding ortho intramolecular Hbond substituents is 2. The first-order chi connectivity index (χ1) is 10.1. The molecule has 0 aliphatic rings. The quantitative estimate of drug-likeness (QED) is 0.770. The third-order valence-corrected chi connectivity index (χ3v) is 3.29. The van der Waals surface area contributed by atoms with Crippen molar-refractivity contribution >= 4 is 11.0 Å². The average molecular weight is 286 g/mol. The number of fused-ring (bicyclic) bond motifs is 1. The highest BCUT2D eigenvalue weighted by atomic mass is 16.5. The predicted molar refractivity (Wildman–Crippen MR) is 78.1 cm³/mol. The Kier molecular flexibility index (Phi) is 3.10. The summed E-state index contributed by atoms with van der Waals surface area (Å²) >= 11 is 0. The molecule has 3 aromatic rings. The molecule has 0 spiro atoms. The van der Waals surface area contributed by atoms with Gasteiger partial charge in [-0.05, 0) is 30.3 Å². The van der Waals surface area contributed by atoms with Crippen molar-refractivity contribution in [3.63, 3.8) is 0 Å². The van der Waals surface area contributed by atoms with Gasteiger partial charge in [-0.15, -0.1) is 0 Å². The van der Waals surface area contributed by atoms with Crippen LogP contribution in [-0.4, -0.2) is 24.4 Å². The summed E-state index contributed by atoms with van der Waals surface area (Å²) in [7, 11) is 2.94. The van der Waals surface area contributed by atoms with Gasteiger partial charge in [0.1, 0.15) is 17.1 Å². The van der Waals surface area contributed by atoms with Gasteiger partial charge in [-0.25, -0.2) is 0 Å². The molecule has 108 valence electrons. The molecule has 1 heterocycles. The van der Waals surface area contributed by atoms with Gasteiger partial charge in [-0.1, -0.05) is 0 Å². The van der Waals surface area contributed by atoms with E-state index < -0.39 is 0 Å². The fraction of sp³-hybridized carbons (Fsp3) is 0.125. The van der Waals surface area contributed by atoms with Crippen molar-refractivity contribution in [1.29, 1.82) is 0 Å². The Hall–Kier alpha value is -2.82. The zero-order valence-corrected chi connectivity index (χ0v) is 11.6. The van der Waals surface area contributed by atoms with Crippen LogP contribution in [0.25, 0.3) is 22.3 Å². The molecule has 1 aromatic heterocycles. The molecule has 0 saturated heterocycles. The van der Waals surface area contributed by atoms with Crippen LogP contribution >= 0.6 is 0 Å². The minimum atomic E-state index is -0.0826. The summed E-state index contributed by atoms with van der Waals surface area (Å²) in [6.07, 6.45) is 0. The van der Waals surface area contributed by atoms with Crippen molar-refractivity contribution < 1.29 is 24.1 Å². The Morgan fingerprint density at radius 1 is 0.952 bits per heavy atom. The van der Waals surface area contributed by atoms with Crippen molar-refractivity contribution in [2.24, 2.45) is 0 Å². The summed E-state index contributed by atoms with van der Waals surface area (Å²) < 4.78 is 16.0. The van der Waals surface area contributed by atoms with Crippen LogP contribution in [0.1, 0.15) is 0 Å². The second-order valence-corrected chi connectivity index (χ2v) is 4.53. The van der Waals surface area contributed by atoms with Gasteiger partial charge in [0.05, 0.1) is 19.8 Å². The first-order valence-electron chi connectivity index (χ1n) is 6.31. The summed E-state index contributed by atoms with van der Waals surface area (Å²) in [5.74, 6) is 1.18. The second-order valence-electron chi connectivity index (χ2n) is 4.53. The smallest absolute Gasteiger partial charge is 0.201 e. The van der Waals surface area contributed by atoms with Gasteiger partial charge in [0.2, 0.25) is 5.75 Å². The van der Waals surface area contributed by atoms with Crippen LogP contribution in [0.2, 0.25) is 0 Å². The standard InChI is InChI=1S/C16H14O5/c1-19-12-6-5-11(16(20-2)15(12)18)14-7-9-3-4-10(17)8-13(9)21-14/h3-8,17-18H,1-2H3. The Labute approximate surface area is 121 Å². The maximum atomic E-state index is 10.1. The number of aromatic hydroxyl groups is 2. The third kappa shape index (κ3) is 2.12. The van der Waals surface area contributed by atoms with Crippen molar-refractivity contribution in [3.05, 3.63) is 36.4 Å². The highest BCUT2D eigenvalue weighted by Gasteiger charge is 2.18. The summed E-state index contributed by atoms with van der Waals surface area (Å²) in [5, 5.41) is 20.4. The lowest BCUT2D eigenvalue weighted by Gasteiger charge is -2.11. The molecule has 5 nitrogen and oxygen atoms in total. The summed E-state index contributed by atoms with van der Waals surface area (Å²) in [4.78, 5) is 0. The molecule has 21 heavy (non-hydrogen) atoms. The first kappa shape index (κ1) is 13.2. The molecule has 5 heteroatoms. The van der Waals surface area contributed by atoms with E-state index >= 15 is 0 Å². The normalized spacial score (nSPS) is 10.8. The number of hydrogen-bond acceptors (Lipinski definition) is 5. The molecule has 0 aliphatic carbocycles. The van der Waals surface area contributed by atoms with E-state index in [2.05, 4.69) is 0 Å². The Morgan fingerprint density at radius 3 is 2.48 bits per heavy atom. The summed E-state index contributed by atoms with van der Waals surface area (Å²) in [6.45, 7) is 0. The number of rotatable bonds is 3. The monoisotopic (exact) mass is 286 g/mol. The van der Waals surface area contributed by atoms with Crippen molar-refractivity contribution in [1.82, 2.24) is 0 Å². The van der Waals surface area contributed by atoms with Crippen molar-refractivity contribution in [2.45, 2.75) is 0 Å². The lowest BCUT2D eigenvalue weighted by atomic mass is 10.1. The molecule has 0 fully saturated rings. The molecule has 0 unspecified atom stereocenters. The van der Waals surface area contributed by atoms with Crippen LogP contribution in [-0.2, 0) is 0 Å². The van der Waals surface area contributed by atoms with E-state index in [1.165, 1.54) is 20.3 Å². The summed E-state index contributed by atoms with van der Waals surface area (Å²) in [5.41, 5.74) is 1.16. The van der Waals surface area contributed by atoms with Crippen molar-refractivity contribution in [2.75, 3.05) is 14.2 Å². The molecule has 2 aromatic carbocycles. The Bertz CT molecular complexity index is 804. The molecule has 0 atom stereocenters. The molecular weight excluding hydrogens is 272 g/mol. The molecule has 0 saturated carbocycles. The zero-order chi connectivity index (χ0) is 15.0. The zero-order valence-electron chi connectivity index (χ0n) is 11.6. The number of ether oxygens (including phenoxy) is 2. The molecule has 0 bridgehead atoms. The van der Waals surface area contributed by atoms with Gasteiger partial charge in [-0.2, -0.15) is 0 Å². The molecular formula is C16H14O5. The fourth-order valence-electron chi connectivity index (χ4n) is 2.27. The van der Waals surface area contributed by atoms with E-state index in [9.17, 15) is 10.2 Å². The molecule has 0 amide bonds. The van der Waals surface area contributed by atoms with Crippen LogP contribution in [0.15, 0.2) is 40.8 Å². The van der Waals surface area contributed by atoms with Gasteiger partial charge in [0, 0.05) is 11.5 Å². The van der Waals surface area contributed by atoms with Crippen LogP contribution in [0.3, 0.4) is 0 Å². The third-order valence-electron chi connectivity index (χ3n) is 3.29. The second kappa shape index (κ2) is 4.94. The average Bonchev–Trinajstić information content (AvgIpc) is 2.89. The number of phenols is 2. The topological polar surface area (TPSA) is 72.1 Å². The Morgan fingerprint density at radius 2 is 1.76 bits per heavy atom. The SMILES string of the molecule is COc1ccc(-c2cc3ccc(O)cc3o2)c(OC)c1O. The van der Waals surface area contributed by atoms with Crippen LogP contribution in [0, 0.1) is 0 Å². The highest BCUT2D eigenvalue weighted by Crippen LogP contribution is 2.44. The number of hydrogen-bond donors (Lipinski definition) is 2. The maximum Gasteiger partial charge on any atom is 0.201 e. The van der Waals surface area contributed by atoms with E-state index in [1.54, 1.807) is 24.3 Å². The van der Waals surface area contributed by atoms with E-state index in [-0.39, 0.29) is 17.2 Å². The fourth-order valence-corrected chi connectivity index (χ4v) is 2.27. The maximum absolute atomic E-state index is 10.1. The molecule has 0 radical (unpaired) electrons. The molecule has 3 rings (SSSR count). The van der Waals surface area contributed by atoms with Crippen molar-refractivity contribution in [3.8, 4) is 34.3 Å². The van der Waals surface area contributed by atoms with Gasteiger partial charge in [0.25, 0.3) is 0 Å². The largest absolute Gasteiger partial charge is 0.508 e. The van der Waals surface area contributed by atoms with Gasteiger partial charge < -0.3 is 24.1 Å². The minimum absolute atomic E-state index is 0.0826. The van der Waals surface area contributed by atoms with Crippen LogP contribution in [0.5, 0.6) is 23.0 Å². The first-order valence-corrected chi connectivity index (χ1v) is 6.31. The number of methoxy groups -OCH3 is 2. The number of benzene rings is 2. The minimum Gasteiger partial charge on any atom is -0.508 e. The van der Waals surface area contributed by atoms with Crippen LogP contribution in [0.4, 0.5) is 0 Å². The van der Waals surface area contributed by atoms with Crippen LogP contribution < -0.4 is 9.47 Å². The van der Waals surface area contributed by atoms with E-state index in [1.807, 2.05) is 6.07 Å². The molecule has 2 N–H and O–H groups in total. The highest BCUT2D eigenvalue weighted by molar-refractivity contribution is 5.86. The van der Waals surface area contributed by atoms with E-state index in [4.69, 9.17) is 13.9 Å². The number of furan rings is 1. The van der Waals surface area contributed by atoms with Gasteiger partial charge in [0.15, 0.2) is 11.5 Å². The van der Waals surface area contributed by atoms with E-state index in [0.717, 1.165) is 5.39 Å². The molecule has 0 aliphatic heterocycles. The predicted octanol–water partition coefficient (Wildman–Crippen LogP) is 3.53. The summed E-state index contributed by atoms with van der Waals surface area (Å²) in [6, 6.07) is 10.1. The Balaban J connectivity index is 2.20. The van der Waals surface area contributed by atoms with Gasteiger partial charge >= 0.3 is 0 Å². The van der Waals surface area contributed by atoms with E-state index in [0.29, 0.717) is 22.7 Å².